The lowest BCUT2D eigenvalue weighted by atomic mass is 10.2. The molecular formula is C13H19NOS. The van der Waals surface area contributed by atoms with Crippen LogP contribution in [0.4, 0.5) is 5.69 Å². The Balaban J connectivity index is 2.24. The van der Waals surface area contributed by atoms with E-state index in [2.05, 4.69) is 38.2 Å². The minimum atomic E-state index is 0.260. The fourth-order valence-corrected chi connectivity index (χ4v) is 2.90. The number of para-hydroxylation sites is 1. The van der Waals surface area contributed by atoms with Crippen molar-refractivity contribution < 1.29 is 4.74 Å². The minimum Gasteiger partial charge on any atom is -0.491 e. The number of nitrogens with one attached hydrogen (secondary N) is 1. The molecule has 1 aliphatic rings. The molecular weight excluding hydrogens is 218 g/mol. The monoisotopic (exact) mass is 237 g/mol. The second-order valence-corrected chi connectivity index (χ2v) is 6.44. The molecule has 1 heterocycles. The summed E-state index contributed by atoms with van der Waals surface area (Å²) in [5.41, 5.74) is 1.17. The van der Waals surface area contributed by atoms with Crippen LogP contribution in [0.2, 0.25) is 0 Å². The van der Waals surface area contributed by atoms with Crippen LogP contribution < -0.4 is 10.1 Å². The Morgan fingerprint density at radius 2 is 2.25 bits per heavy atom. The van der Waals surface area contributed by atoms with Gasteiger partial charge >= 0.3 is 0 Å². The van der Waals surface area contributed by atoms with Gasteiger partial charge in [0.25, 0.3) is 0 Å². The first-order chi connectivity index (χ1) is 7.62. The molecule has 16 heavy (non-hydrogen) atoms. The molecule has 88 valence electrons. The quantitative estimate of drug-likeness (QED) is 0.864. The van der Waals surface area contributed by atoms with Crippen LogP contribution in [-0.2, 0) is 0 Å². The van der Waals surface area contributed by atoms with Crippen LogP contribution in [0.1, 0.15) is 27.2 Å². The van der Waals surface area contributed by atoms with Crippen LogP contribution >= 0.6 is 11.8 Å². The van der Waals surface area contributed by atoms with Crippen LogP contribution in [-0.4, -0.2) is 17.9 Å². The summed E-state index contributed by atoms with van der Waals surface area (Å²) in [5, 5.41) is 3.48. The second kappa shape index (κ2) is 4.58. The molecule has 0 aliphatic carbocycles. The molecule has 0 radical (unpaired) electrons. The van der Waals surface area contributed by atoms with E-state index >= 15 is 0 Å². The Hall–Kier alpha value is -0.830. The van der Waals surface area contributed by atoms with E-state index in [-0.39, 0.29) is 4.75 Å². The lowest BCUT2D eigenvalue weighted by Crippen LogP contribution is -2.30. The lowest BCUT2D eigenvalue weighted by Gasteiger charge is -2.32. The van der Waals surface area contributed by atoms with Gasteiger partial charge in [0.05, 0.1) is 12.3 Å². The van der Waals surface area contributed by atoms with E-state index in [0.717, 1.165) is 25.3 Å². The highest BCUT2D eigenvalue weighted by Gasteiger charge is 2.27. The molecule has 1 aromatic carbocycles. The Bertz CT molecular complexity index is 376. The topological polar surface area (TPSA) is 21.3 Å². The highest BCUT2D eigenvalue weighted by atomic mass is 32.2. The molecule has 0 spiro atoms. The number of hydrogen-bond donors (Lipinski definition) is 1. The van der Waals surface area contributed by atoms with Gasteiger partial charge in [0, 0.05) is 16.2 Å². The first-order valence-corrected chi connectivity index (χ1v) is 6.63. The van der Waals surface area contributed by atoms with Gasteiger partial charge in [-0.3, -0.25) is 0 Å². The van der Waals surface area contributed by atoms with Gasteiger partial charge in [-0.25, -0.2) is 0 Å². The van der Waals surface area contributed by atoms with Gasteiger partial charge in [0.15, 0.2) is 0 Å². The third-order valence-corrected chi connectivity index (χ3v) is 3.78. The fraction of sp³-hybridized carbons (Fsp3) is 0.538. The molecule has 0 atom stereocenters. The SMILES string of the molecule is CCCOc1cccc2c1NCC(C)(C)S2. The summed E-state index contributed by atoms with van der Waals surface area (Å²) in [6.45, 7) is 8.41. The molecule has 1 N–H and O–H groups in total. The number of rotatable bonds is 3. The summed E-state index contributed by atoms with van der Waals surface area (Å²) in [4.78, 5) is 1.30. The Morgan fingerprint density at radius 1 is 1.44 bits per heavy atom. The Kier molecular flexibility index (Phi) is 3.33. The van der Waals surface area contributed by atoms with Crippen molar-refractivity contribution in [3.8, 4) is 5.75 Å². The highest BCUT2D eigenvalue weighted by molar-refractivity contribution is 8.00. The third kappa shape index (κ3) is 2.46. The zero-order chi connectivity index (χ0) is 11.6. The van der Waals surface area contributed by atoms with Gasteiger partial charge in [0.2, 0.25) is 0 Å². The van der Waals surface area contributed by atoms with Crippen LogP contribution in [0.15, 0.2) is 23.1 Å². The maximum atomic E-state index is 5.75. The molecule has 2 rings (SSSR count). The van der Waals surface area contributed by atoms with E-state index in [1.165, 1.54) is 10.6 Å². The summed E-state index contributed by atoms with van der Waals surface area (Å²) < 4.78 is 6.01. The standard InChI is InChI=1S/C13H19NOS/c1-4-8-15-10-6-5-7-11-12(10)14-9-13(2,3)16-11/h5-7,14H,4,8-9H2,1-3H3. The predicted octanol–water partition coefficient (Wildman–Crippen LogP) is 3.77. The molecule has 0 saturated carbocycles. The van der Waals surface area contributed by atoms with Crippen molar-refractivity contribution in [3.05, 3.63) is 18.2 Å². The van der Waals surface area contributed by atoms with E-state index in [1.54, 1.807) is 0 Å². The second-order valence-electron chi connectivity index (χ2n) is 4.69. The largest absolute Gasteiger partial charge is 0.491 e. The molecule has 1 aromatic rings. The highest BCUT2D eigenvalue weighted by Crippen LogP contribution is 2.45. The zero-order valence-electron chi connectivity index (χ0n) is 10.2. The summed E-state index contributed by atoms with van der Waals surface area (Å²) in [6, 6.07) is 6.27. The summed E-state index contributed by atoms with van der Waals surface area (Å²) >= 11 is 1.92. The minimum absolute atomic E-state index is 0.260. The predicted molar refractivity (Wildman–Crippen MR) is 70.7 cm³/mol. The van der Waals surface area contributed by atoms with Crippen molar-refractivity contribution in [1.82, 2.24) is 0 Å². The number of anilines is 1. The number of hydrogen-bond acceptors (Lipinski definition) is 3. The Morgan fingerprint density at radius 3 is 3.00 bits per heavy atom. The van der Waals surface area contributed by atoms with Crippen molar-refractivity contribution >= 4 is 17.4 Å². The van der Waals surface area contributed by atoms with Gasteiger partial charge in [-0.1, -0.05) is 13.0 Å². The first-order valence-electron chi connectivity index (χ1n) is 5.81. The lowest BCUT2D eigenvalue weighted by molar-refractivity contribution is 0.318. The molecule has 1 aliphatic heterocycles. The van der Waals surface area contributed by atoms with Crippen molar-refractivity contribution in [3.63, 3.8) is 0 Å². The average Bonchev–Trinajstić information content (AvgIpc) is 2.24. The van der Waals surface area contributed by atoms with Crippen LogP contribution in [0.5, 0.6) is 5.75 Å². The summed E-state index contributed by atoms with van der Waals surface area (Å²) in [7, 11) is 0. The van der Waals surface area contributed by atoms with Gasteiger partial charge in [-0.2, -0.15) is 0 Å². The van der Waals surface area contributed by atoms with Gasteiger partial charge in [-0.15, -0.1) is 11.8 Å². The third-order valence-electron chi connectivity index (χ3n) is 2.53. The molecule has 0 bridgehead atoms. The van der Waals surface area contributed by atoms with Gasteiger partial charge < -0.3 is 10.1 Å². The summed E-state index contributed by atoms with van der Waals surface area (Å²) in [5.74, 6) is 0.988. The van der Waals surface area contributed by atoms with E-state index in [1.807, 2.05) is 17.8 Å². The van der Waals surface area contributed by atoms with Crippen molar-refractivity contribution in [1.29, 1.82) is 0 Å². The molecule has 0 amide bonds. The molecule has 2 nitrogen and oxygen atoms in total. The van der Waals surface area contributed by atoms with E-state index in [9.17, 15) is 0 Å². The number of thioether (sulfide) groups is 1. The maximum Gasteiger partial charge on any atom is 0.143 e. The van der Waals surface area contributed by atoms with Crippen LogP contribution in [0.3, 0.4) is 0 Å². The van der Waals surface area contributed by atoms with Gasteiger partial charge in [-0.05, 0) is 32.4 Å². The van der Waals surface area contributed by atoms with E-state index in [4.69, 9.17) is 4.74 Å². The van der Waals surface area contributed by atoms with Crippen molar-refractivity contribution in [2.75, 3.05) is 18.5 Å². The van der Waals surface area contributed by atoms with Gasteiger partial charge in [0.1, 0.15) is 5.75 Å². The van der Waals surface area contributed by atoms with Crippen molar-refractivity contribution in [2.24, 2.45) is 0 Å². The molecule has 0 fully saturated rings. The molecule has 0 saturated heterocycles. The first kappa shape index (κ1) is 11.6. The smallest absolute Gasteiger partial charge is 0.143 e. The fourth-order valence-electron chi connectivity index (χ4n) is 1.74. The molecule has 0 aromatic heterocycles. The average molecular weight is 237 g/mol. The Labute approximate surface area is 102 Å². The summed E-state index contributed by atoms with van der Waals surface area (Å²) in [6.07, 6.45) is 1.04. The van der Waals surface area contributed by atoms with Crippen LogP contribution in [0.25, 0.3) is 0 Å². The molecule has 0 unspecified atom stereocenters. The number of fused-ring (bicyclic) bond motifs is 1. The number of benzene rings is 1. The van der Waals surface area contributed by atoms with E-state index < -0.39 is 0 Å². The van der Waals surface area contributed by atoms with Crippen molar-refractivity contribution in [2.45, 2.75) is 36.8 Å². The van der Waals surface area contributed by atoms with E-state index in [0.29, 0.717) is 0 Å². The van der Waals surface area contributed by atoms with Crippen LogP contribution in [0, 0.1) is 0 Å². The molecule has 3 heteroatoms. The zero-order valence-corrected chi connectivity index (χ0v) is 11.0. The number of ether oxygens (including phenoxy) is 1. The maximum absolute atomic E-state index is 5.75. The normalized spacial score (nSPS) is 17.4.